The minimum Gasteiger partial charge on any atom is -0.455 e. The minimum atomic E-state index is -0.553. The van der Waals surface area contributed by atoms with Crippen LogP contribution >= 0.6 is 0 Å². The number of anilines is 3. The number of fused-ring (bicyclic) bond motifs is 12. The van der Waals surface area contributed by atoms with Crippen molar-refractivity contribution in [2.24, 2.45) is 0 Å². The van der Waals surface area contributed by atoms with Crippen LogP contribution in [0.2, 0.25) is 0 Å². The van der Waals surface area contributed by atoms with Crippen molar-refractivity contribution in [1.82, 2.24) is 0 Å². The Bertz CT molecular complexity index is 4050. The van der Waals surface area contributed by atoms with E-state index in [1.807, 2.05) is 6.07 Å². The quantitative estimate of drug-likeness (QED) is 0.158. The molecule has 1 heterocycles. The number of para-hydroxylation sites is 3. The number of hydrogen-bond donors (Lipinski definition) is 0. The Morgan fingerprint density at radius 1 is 0.319 bits per heavy atom. The Kier molecular flexibility index (Phi) is 9.50. The molecular formula is C70H49NO. The van der Waals surface area contributed by atoms with E-state index in [0.717, 1.165) is 61.3 Å². The summed E-state index contributed by atoms with van der Waals surface area (Å²) in [6.45, 7) is 4.78. The number of rotatable bonds is 7. The largest absolute Gasteiger partial charge is 0.455 e. The van der Waals surface area contributed by atoms with Crippen molar-refractivity contribution in [2.75, 3.05) is 4.90 Å². The second-order valence-corrected chi connectivity index (χ2v) is 19.9. The van der Waals surface area contributed by atoms with E-state index in [2.05, 4.69) is 274 Å². The summed E-state index contributed by atoms with van der Waals surface area (Å²) in [5.74, 6) is 0. The predicted molar refractivity (Wildman–Crippen MR) is 300 cm³/mol. The molecule has 0 amide bonds. The second-order valence-electron chi connectivity index (χ2n) is 19.9. The van der Waals surface area contributed by atoms with Gasteiger partial charge in [0.1, 0.15) is 11.2 Å². The highest BCUT2D eigenvalue weighted by Gasteiger charge is 2.54. The Hall–Kier alpha value is -8.98. The molecule has 0 unspecified atom stereocenters. The maximum Gasteiger partial charge on any atom is 0.143 e. The number of nitrogens with zero attached hydrogens (tertiary/aromatic N) is 1. The Balaban J connectivity index is 1.06. The summed E-state index contributed by atoms with van der Waals surface area (Å²) in [7, 11) is 0. The zero-order valence-electron chi connectivity index (χ0n) is 40.2. The molecule has 72 heavy (non-hydrogen) atoms. The van der Waals surface area contributed by atoms with E-state index in [1.54, 1.807) is 0 Å². The van der Waals surface area contributed by atoms with Crippen molar-refractivity contribution in [3.63, 3.8) is 0 Å². The van der Waals surface area contributed by atoms with Crippen molar-refractivity contribution in [3.8, 4) is 55.6 Å². The lowest BCUT2D eigenvalue weighted by Crippen LogP contribution is -2.40. The molecule has 0 radical (unpaired) electrons. The average molecular weight is 920 g/mol. The van der Waals surface area contributed by atoms with Crippen LogP contribution in [0.3, 0.4) is 0 Å². The normalized spacial score (nSPS) is 13.6. The van der Waals surface area contributed by atoms with E-state index >= 15 is 0 Å². The fourth-order valence-corrected chi connectivity index (χ4v) is 12.7. The first-order chi connectivity index (χ1) is 35.5. The van der Waals surface area contributed by atoms with Gasteiger partial charge in [-0.25, -0.2) is 0 Å². The van der Waals surface area contributed by atoms with Crippen LogP contribution in [0.25, 0.3) is 77.6 Å². The molecule has 2 aliphatic rings. The van der Waals surface area contributed by atoms with Crippen LogP contribution in [0.4, 0.5) is 17.1 Å². The number of benzene rings is 11. The minimum absolute atomic E-state index is 0.200. The standard InChI is InChI=1S/C70H49NO/c1-69(2)59-37-14-16-39-61(59)70(62-40-17-15-38-60(62)69)58-36-13-10-33-57(58)67-63(70)41-22-43-65(67)71(48-26-20-25-47(45-48)50-34-21-35-56-55-32-12-19-44-66(55)72-68(50)56)64-42-18-11-31-54(64)53-30-9-8-29-52(53)51-28-7-6-27-49(51)46-23-4-3-5-24-46/h3-45H,1-2H3. The van der Waals surface area contributed by atoms with Crippen molar-refractivity contribution in [1.29, 1.82) is 0 Å². The van der Waals surface area contributed by atoms with Crippen molar-refractivity contribution in [3.05, 3.63) is 294 Å². The van der Waals surface area contributed by atoms with Gasteiger partial charge in [-0.1, -0.05) is 244 Å². The maximum atomic E-state index is 6.70. The van der Waals surface area contributed by atoms with Gasteiger partial charge in [0.2, 0.25) is 0 Å². The Labute approximate surface area is 420 Å². The van der Waals surface area contributed by atoms with Crippen LogP contribution in [0.15, 0.2) is 265 Å². The lowest BCUT2D eigenvalue weighted by atomic mass is 9.55. The van der Waals surface area contributed by atoms with Gasteiger partial charge in [0.15, 0.2) is 0 Å². The first-order valence-electron chi connectivity index (χ1n) is 25.1. The van der Waals surface area contributed by atoms with Crippen molar-refractivity contribution >= 4 is 39.0 Å². The summed E-state index contributed by atoms with van der Waals surface area (Å²) in [5.41, 5.74) is 24.0. The SMILES string of the molecule is CC1(C)c2ccccc2C2(c3ccccc3-c3c(N(c4cccc(-c5cccc6c5oc5ccccc56)c4)c4ccccc4-c4ccccc4-c4ccccc4-c4ccccc4)cccc32)c2ccccc21. The molecule has 1 aromatic heterocycles. The molecule has 0 atom stereocenters. The van der Waals surface area contributed by atoms with E-state index in [4.69, 9.17) is 4.42 Å². The smallest absolute Gasteiger partial charge is 0.143 e. The molecule has 2 heteroatoms. The molecule has 0 saturated carbocycles. The maximum absolute atomic E-state index is 6.70. The van der Waals surface area contributed by atoms with Crippen LogP contribution in [-0.2, 0) is 10.8 Å². The average Bonchev–Trinajstić information content (AvgIpc) is 3.98. The van der Waals surface area contributed by atoms with Gasteiger partial charge >= 0.3 is 0 Å². The van der Waals surface area contributed by atoms with E-state index in [-0.39, 0.29) is 5.41 Å². The summed E-state index contributed by atoms with van der Waals surface area (Å²) in [6.07, 6.45) is 0. The molecule has 2 nitrogen and oxygen atoms in total. The van der Waals surface area contributed by atoms with Gasteiger partial charge in [-0.3, -0.25) is 0 Å². The summed E-state index contributed by atoms with van der Waals surface area (Å²) in [6, 6.07) is 96.1. The molecule has 340 valence electrons. The highest BCUT2D eigenvalue weighted by Crippen LogP contribution is 2.64. The van der Waals surface area contributed by atoms with Gasteiger partial charge in [0.25, 0.3) is 0 Å². The van der Waals surface area contributed by atoms with Gasteiger partial charge in [0, 0.05) is 38.6 Å². The highest BCUT2D eigenvalue weighted by atomic mass is 16.3. The second kappa shape index (κ2) is 16.3. The van der Waals surface area contributed by atoms with Crippen LogP contribution < -0.4 is 4.90 Å². The van der Waals surface area contributed by atoms with E-state index < -0.39 is 5.41 Å². The third-order valence-electron chi connectivity index (χ3n) is 15.8. The molecule has 11 aromatic carbocycles. The van der Waals surface area contributed by atoms with Gasteiger partial charge in [-0.15, -0.1) is 0 Å². The molecule has 14 rings (SSSR count). The van der Waals surface area contributed by atoms with E-state index in [0.29, 0.717) is 0 Å². The first kappa shape index (κ1) is 41.9. The fourth-order valence-electron chi connectivity index (χ4n) is 12.7. The number of furan rings is 1. The first-order valence-corrected chi connectivity index (χ1v) is 25.1. The molecule has 0 aliphatic heterocycles. The Morgan fingerprint density at radius 3 is 1.53 bits per heavy atom. The topological polar surface area (TPSA) is 16.4 Å². The van der Waals surface area contributed by atoms with Gasteiger partial charge < -0.3 is 9.32 Å². The van der Waals surface area contributed by atoms with Gasteiger partial charge in [0.05, 0.1) is 16.8 Å². The highest BCUT2D eigenvalue weighted by molar-refractivity contribution is 6.10. The van der Waals surface area contributed by atoms with Crippen LogP contribution in [0, 0.1) is 0 Å². The van der Waals surface area contributed by atoms with Crippen molar-refractivity contribution < 1.29 is 4.42 Å². The molecule has 0 saturated heterocycles. The van der Waals surface area contributed by atoms with Crippen LogP contribution in [-0.4, -0.2) is 0 Å². The molecule has 0 bridgehead atoms. The van der Waals surface area contributed by atoms with Gasteiger partial charge in [-0.2, -0.15) is 0 Å². The van der Waals surface area contributed by atoms with Crippen molar-refractivity contribution in [2.45, 2.75) is 24.7 Å². The van der Waals surface area contributed by atoms with Gasteiger partial charge in [-0.05, 0) is 103 Å². The monoisotopic (exact) mass is 919 g/mol. The summed E-state index contributed by atoms with van der Waals surface area (Å²) >= 11 is 0. The lowest BCUT2D eigenvalue weighted by molar-refractivity contribution is 0.563. The molecule has 1 spiro atoms. The zero-order chi connectivity index (χ0) is 48.0. The third kappa shape index (κ3) is 6.09. The molecule has 0 fully saturated rings. The molecule has 2 aliphatic carbocycles. The summed E-state index contributed by atoms with van der Waals surface area (Å²) < 4.78 is 6.70. The molecule has 0 N–H and O–H groups in total. The van der Waals surface area contributed by atoms with E-state index in [1.165, 1.54) is 66.8 Å². The summed E-state index contributed by atoms with van der Waals surface area (Å²) in [4.78, 5) is 2.54. The Morgan fingerprint density at radius 2 is 0.792 bits per heavy atom. The summed E-state index contributed by atoms with van der Waals surface area (Å²) in [5, 5.41) is 2.23. The molecular weight excluding hydrogens is 871 g/mol. The fraction of sp³-hybridized carbons (Fsp3) is 0.0571. The molecule has 12 aromatic rings. The predicted octanol–water partition coefficient (Wildman–Crippen LogP) is 18.7. The zero-order valence-corrected chi connectivity index (χ0v) is 40.2. The van der Waals surface area contributed by atoms with Crippen LogP contribution in [0.5, 0.6) is 0 Å². The van der Waals surface area contributed by atoms with E-state index in [9.17, 15) is 0 Å². The van der Waals surface area contributed by atoms with Crippen LogP contribution in [0.1, 0.15) is 47.2 Å². The third-order valence-corrected chi connectivity index (χ3v) is 15.8. The number of hydrogen-bond acceptors (Lipinski definition) is 2. The lowest BCUT2D eigenvalue weighted by Gasteiger charge is -2.46.